The van der Waals surface area contributed by atoms with Crippen LogP contribution in [-0.2, 0) is 0 Å². The lowest BCUT2D eigenvalue weighted by Crippen LogP contribution is -2.29. The first kappa shape index (κ1) is 12.8. The molecule has 0 aliphatic carbocycles. The fourth-order valence-corrected chi connectivity index (χ4v) is 1.97. The first-order valence-electron chi connectivity index (χ1n) is 6.18. The molecule has 0 bridgehead atoms. The van der Waals surface area contributed by atoms with E-state index in [0.717, 1.165) is 6.54 Å². The van der Waals surface area contributed by atoms with Crippen molar-refractivity contribution in [2.24, 2.45) is 5.92 Å². The van der Waals surface area contributed by atoms with Crippen molar-refractivity contribution in [3.8, 4) is 0 Å². The molecule has 0 saturated heterocycles. The van der Waals surface area contributed by atoms with E-state index in [1.165, 1.54) is 25.7 Å². The van der Waals surface area contributed by atoms with Crippen molar-refractivity contribution in [3.63, 3.8) is 0 Å². The summed E-state index contributed by atoms with van der Waals surface area (Å²) >= 11 is 0. The lowest BCUT2D eigenvalue weighted by Gasteiger charge is -2.15. The van der Waals surface area contributed by atoms with E-state index in [1.54, 1.807) is 18.5 Å². The van der Waals surface area contributed by atoms with E-state index in [-0.39, 0.29) is 5.91 Å². The summed E-state index contributed by atoms with van der Waals surface area (Å²) in [4.78, 5) is 14.6. The Balaban J connectivity index is 2.34. The summed E-state index contributed by atoms with van der Waals surface area (Å²) in [5.74, 6) is 0.649. The largest absolute Gasteiger partial charge is 0.367 e. The predicted octanol–water partition coefficient (Wildman–Crippen LogP) is 2.96. The predicted molar refractivity (Wildman–Crippen MR) is 66.4 cm³/mol. The zero-order chi connectivity index (χ0) is 11.8. The van der Waals surface area contributed by atoms with Gasteiger partial charge in [-0.2, -0.15) is 0 Å². The number of hydrogen-bond donors (Lipinski definition) is 2. The quantitative estimate of drug-likeness (QED) is 0.732. The van der Waals surface area contributed by atoms with Crippen molar-refractivity contribution in [3.05, 3.63) is 24.0 Å². The van der Waals surface area contributed by atoms with E-state index in [4.69, 9.17) is 0 Å². The molecule has 0 atom stereocenters. The van der Waals surface area contributed by atoms with Crippen LogP contribution in [0.2, 0.25) is 0 Å². The molecular formula is C13H22N2O. The molecule has 1 amide bonds. The standard InChI is InChI=1S/C13H22N2O/c1-3-5-11(6-4-2)9-15-13(16)12-7-8-14-10-12/h7-8,10-11,14H,3-6,9H2,1-2H3,(H,15,16). The molecular weight excluding hydrogens is 200 g/mol. The molecule has 0 aliphatic rings. The smallest absolute Gasteiger partial charge is 0.252 e. The highest BCUT2D eigenvalue weighted by Gasteiger charge is 2.10. The number of aromatic nitrogens is 1. The van der Waals surface area contributed by atoms with E-state index in [0.29, 0.717) is 11.5 Å². The zero-order valence-corrected chi connectivity index (χ0v) is 10.3. The molecule has 0 fully saturated rings. The minimum absolute atomic E-state index is 0.0263. The van der Waals surface area contributed by atoms with Gasteiger partial charge in [0, 0.05) is 18.9 Å². The maximum atomic E-state index is 11.7. The van der Waals surface area contributed by atoms with E-state index in [1.807, 2.05) is 0 Å². The number of hydrogen-bond acceptors (Lipinski definition) is 1. The van der Waals surface area contributed by atoms with Crippen LogP contribution in [0.25, 0.3) is 0 Å². The van der Waals surface area contributed by atoms with Crippen LogP contribution >= 0.6 is 0 Å². The number of carbonyl (C=O) groups is 1. The van der Waals surface area contributed by atoms with Gasteiger partial charge in [0.2, 0.25) is 0 Å². The van der Waals surface area contributed by atoms with Gasteiger partial charge in [-0.1, -0.05) is 26.7 Å². The van der Waals surface area contributed by atoms with Crippen LogP contribution in [0.1, 0.15) is 49.9 Å². The van der Waals surface area contributed by atoms with Gasteiger partial charge in [0.25, 0.3) is 5.91 Å². The van der Waals surface area contributed by atoms with Crippen LogP contribution in [-0.4, -0.2) is 17.4 Å². The molecule has 16 heavy (non-hydrogen) atoms. The molecule has 1 aromatic heterocycles. The van der Waals surface area contributed by atoms with Crippen molar-refractivity contribution in [1.29, 1.82) is 0 Å². The summed E-state index contributed by atoms with van der Waals surface area (Å²) in [6.45, 7) is 5.18. The molecule has 3 nitrogen and oxygen atoms in total. The van der Waals surface area contributed by atoms with Crippen molar-refractivity contribution in [2.45, 2.75) is 39.5 Å². The average molecular weight is 222 g/mol. The molecule has 0 spiro atoms. The fraction of sp³-hybridized carbons (Fsp3) is 0.615. The minimum Gasteiger partial charge on any atom is -0.367 e. The third-order valence-electron chi connectivity index (χ3n) is 2.81. The Labute approximate surface area is 97.6 Å². The van der Waals surface area contributed by atoms with Crippen LogP contribution in [0.15, 0.2) is 18.5 Å². The molecule has 1 heterocycles. The lowest BCUT2D eigenvalue weighted by atomic mass is 9.98. The Morgan fingerprint density at radius 2 is 2.06 bits per heavy atom. The number of rotatable bonds is 7. The molecule has 2 N–H and O–H groups in total. The van der Waals surface area contributed by atoms with Crippen LogP contribution in [0.5, 0.6) is 0 Å². The molecule has 0 aliphatic heterocycles. The van der Waals surface area contributed by atoms with Gasteiger partial charge in [-0.25, -0.2) is 0 Å². The Morgan fingerprint density at radius 1 is 1.38 bits per heavy atom. The van der Waals surface area contributed by atoms with Crippen molar-refractivity contribution in [1.82, 2.24) is 10.3 Å². The van der Waals surface area contributed by atoms with Gasteiger partial charge in [-0.05, 0) is 24.8 Å². The molecule has 0 unspecified atom stereocenters. The third kappa shape index (κ3) is 4.09. The normalized spacial score (nSPS) is 10.7. The van der Waals surface area contributed by atoms with Crippen molar-refractivity contribution < 1.29 is 4.79 Å². The maximum Gasteiger partial charge on any atom is 0.252 e. The summed E-state index contributed by atoms with van der Waals surface area (Å²) in [6.07, 6.45) is 8.26. The molecule has 0 radical (unpaired) electrons. The Hall–Kier alpha value is -1.25. The first-order chi connectivity index (χ1) is 7.77. The second-order valence-electron chi connectivity index (χ2n) is 4.25. The van der Waals surface area contributed by atoms with Crippen LogP contribution in [0.3, 0.4) is 0 Å². The Kier molecular flexibility index (Phi) is 5.68. The Morgan fingerprint density at radius 3 is 2.56 bits per heavy atom. The van der Waals surface area contributed by atoms with Gasteiger partial charge in [-0.3, -0.25) is 4.79 Å². The second-order valence-corrected chi connectivity index (χ2v) is 4.25. The summed E-state index contributed by atoms with van der Waals surface area (Å²) in [5, 5.41) is 3.00. The number of nitrogens with one attached hydrogen (secondary N) is 2. The van der Waals surface area contributed by atoms with Gasteiger partial charge in [-0.15, -0.1) is 0 Å². The van der Waals surface area contributed by atoms with E-state index >= 15 is 0 Å². The monoisotopic (exact) mass is 222 g/mol. The highest BCUT2D eigenvalue weighted by molar-refractivity contribution is 5.93. The number of H-pyrrole nitrogens is 1. The number of carbonyl (C=O) groups excluding carboxylic acids is 1. The second kappa shape index (κ2) is 7.09. The molecule has 1 aromatic rings. The fourth-order valence-electron chi connectivity index (χ4n) is 1.97. The average Bonchev–Trinajstić information content (AvgIpc) is 2.79. The first-order valence-corrected chi connectivity index (χ1v) is 6.18. The zero-order valence-electron chi connectivity index (χ0n) is 10.3. The van der Waals surface area contributed by atoms with Gasteiger partial charge in [0.05, 0.1) is 5.56 Å². The summed E-state index contributed by atoms with van der Waals surface area (Å²) in [5.41, 5.74) is 0.715. The summed E-state index contributed by atoms with van der Waals surface area (Å²) in [7, 11) is 0. The highest BCUT2D eigenvalue weighted by Crippen LogP contribution is 2.12. The van der Waals surface area contributed by atoms with Crippen molar-refractivity contribution >= 4 is 5.91 Å². The molecule has 1 rings (SSSR count). The summed E-state index contributed by atoms with van der Waals surface area (Å²) in [6, 6.07) is 1.80. The molecule has 0 aromatic carbocycles. The van der Waals surface area contributed by atoms with E-state index in [2.05, 4.69) is 24.1 Å². The topological polar surface area (TPSA) is 44.9 Å². The molecule has 90 valence electrons. The van der Waals surface area contributed by atoms with Crippen LogP contribution in [0, 0.1) is 5.92 Å². The molecule has 0 saturated carbocycles. The number of aromatic amines is 1. The molecule has 3 heteroatoms. The van der Waals surface area contributed by atoms with Gasteiger partial charge in [0.15, 0.2) is 0 Å². The van der Waals surface area contributed by atoms with E-state index < -0.39 is 0 Å². The highest BCUT2D eigenvalue weighted by atomic mass is 16.1. The minimum atomic E-state index is 0.0263. The maximum absolute atomic E-state index is 11.7. The lowest BCUT2D eigenvalue weighted by molar-refractivity contribution is 0.0945. The Bertz CT molecular complexity index is 287. The van der Waals surface area contributed by atoms with Gasteiger partial charge in [0.1, 0.15) is 0 Å². The van der Waals surface area contributed by atoms with Gasteiger partial charge >= 0.3 is 0 Å². The van der Waals surface area contributed by atoms with Crippen LogP contribution in [0.4, 0.5) is 0 Å². The van der Waals surface area contributed by atoms with E-state index in [9.17, 15) is 4.79 Å². The number of amides is 1. The summed E-state index contributed by atoms with van der Waals surface area (Å²) < 4.78 is 0. The van der Waals surface area contributed by atoms with Gasteiger partial charge < -0.3 is 10.3 Å². The van der Waals surface area contributed by atoms with Crippen LogP contribution < -0.4 is 5.32 Å². The van der Waals surface area contributed by atoms with Crippen molar-refractivity contribution in [2.75, 3.05) is 6.54 Å². The SMILES string of the molecule is CCCC(CCC)CNC(=O)c1cc[nH]c1. The third-order valence-corrected chi connectivity index (χ3v) is 2.81.